The SMILES string of the molecule is CO[C@H]1CC[C@@]2(C)C(=CC[C@H]3[C@@H]4CC=C([C@H](C)C=O)[C@@]4(C)[C@H](OC)C[C@@H]32)C1. The molecule has 4 aliphatic rings. The molecule has 0 saturated heterocycles. The van der Waals surface area contributed by atoms with Crippen LogP contribution in [0.15, 0.2) is 23.3 Å². The maximum absolute atomic E-state index is 11.6. The number of ether oxygens (including phenoxy) is 2. The van der Waals surface area contributed by atoms with Gasteiger partial charge in [-0.05, 0) is 61.7 Å². The summed E-state index contributed by atoms with van der Waals surface area (Å²) < 4.78 is 11.8. The average molecular weight is 373 g/mol. The van der Waals surface area contributed by atoms with Crippen LogP contribution in [0.2, 0.25) is 0 Å². The summed E-state index contributed by atoms with van der Waals surface area (Å²) >= 11 is 0. The van der Waals surface area contributed by atoms with E-state index in [1.807, 2.05) is 14.2 Å². The standard InChI is InChI=1S/C24H36O3/c1-15(14-25)19-8-9-20-18-7-6-16-12-17(26-4)10-11-23(16,2)21(18)13-22(27-5)24(19,20)3/h6,8,14-15,17-18,20-22H,7,9-13H2,1-5H3/t15-,17+,18+,20+,21+,22-,23+,24-/m1/s1. The van der Waals surface area contributed by atoms with E-state index in [2.05, 4.69) is 32.9 Å². The minimum atomic E-state index is -0.00313. The fourth-order valence-corrected chi connectivity index (χ4v) is 7.48. The first-order valence-corrected chi connectivity index (χ1v) is 10.8. The average Bonchev–Trinajstić information content (AvgIpc) is 3.04. The Hall–Kier alpha value is -0.930. The number of aldehydes is 1. The number of carbonyl (C=O) groups is 1. The van der Waals surface area contributed by atoms with Crippen molar-refractivity contribution >= 4 is 6.29 Å². The van der Waals surface area contributed by atoms with Crippen molar-refractivity contribution in [3.63, 3.8) is 0 Å². The third-order valence-electron chi connectivity index (χ3n) is 9.09. The summed E-state index contributed by atoms with van der Waals surface area (Å²) in [5.74, 6) is 1.96. The van der Waals surface area contributed by atoms with Gasteiger partial charge in [0, 0.05) is 25.6 Å². The van der Waals surface area contributed by atoms with Crippen LogP contribution in [0, 0.1) is 34.5 Å². The van der Waals surface area contributed by atoms with Crippen molar-refractivity contribution in [1.29, 1.82) is 0 Å². The minimum Gasteiger partial charge on any atom is -0.381 e. The van der Waals surface area contributed by atoms with Crippen molar-refractivity contribution in [2.45, 2.75) is 71.5 Å². The molecule has 0 bridgehead atoms. The normalized spacial score (nSPS) is 47.2. The summed E-state index contributed by atoms with van der Waals surface area (Å²) in [6.07, 6.45) is 13.5. The largest absolute Gasteiger partial charge is 0.381 e. The molecule has 4 rings (SSSR count). The van der Waals surface area contributed by atoms with Crippen LogP contribution in [-0.4, -0.2) is 32.7 Å². The zero-order chi connectivity index (χ0) is 19.4. The molecule has 2 saturated carbocycles. The van der Waals surface area contributed by atoms with Gasteiger partial charge in [-0.1, -0.05) is 44.1 Å². The molecule has 4 aliphatic carbocycles. The fraction of sp³-hybridized carbons (Fsp3) is 0.792. The smallest absolute Gasteiger partial charge is 0.126 e. The van der Waals surface area contributed by atoms with E-state index in [0.717, 1.165) is 25.5 Å². The summed E-state index contributed by atoms with van der Waals surface area (Å²) in [5, 5.41) is 0. The van der Waals surface area contributed by atoms with Crippen LogP contribution in [0.3, 0.4) is 0 Å². The number of rotatable bonds is 4. The second-order valence-electron chi connectivity index (χ2n) is 9.92. The van der Waals surface area contributed by atoms with Crippen LogP contribution < -0.4 is 0 Å². The summed E-state index contributed by atoms with van der Waals surface area (Å²) in [5.41, 5.74) is 3.25. The lowest BCUT2D eigenvalue weighted by molar-refractivity contribution is -0.124. The third-order valence-corrected chi connectivity index (χ3v) is 9.09. The zero-order valence-corrected chi connectivity index (χ0v) is 17.7. The van der Waals surface area contributed by atoms with Gasteiger partial charge in [-0.15, -0.1) is 0 Å². The van der Waals surface area contributed by atoms with Gasteiger partial charge in [0.2, 0.25) is 0 Å². The first-order valence-electron chi connectivity index (χ1n) is 10.8. The molecule has 0 aliphatic heterocycles. The van der Waals surface area contributed by atoms with Crippen LogP contribution in [-0.2, 0) is 14.3 Å². The van der Waals surface area contributed by atoms with Crippen LogP contribution in [0.1, 0.15) is 59.3 Å². The molecule has 3 nitrogen and oxygen atoms in total. The van der Waals surface area contributed by atoms with Gasteiger partial charge >= 0.3 is 0 Å². The van der Waals surface area contributed by atoms with Gasteiger partial charge in [-0.2, -0.15) is 0 Å². The number of carbonyl (C=O) groups excluding carboxylic acids is 1. The van der Waals surface area contributed by atoms with Crippen LogP contribution in [0.4, 0.5) is 0 Å². The Labute approximate surface area is 164 Å². The van der Waals surface area contributed by atoms with Crippen molar-refractivity contribution in [2.24, 2.45) is 34.5 Å². The first kappa shape index (κ1) is 19.4. The molecule has 2 fully saturated rings. The summed E-state index contributed by atoms with van der Waals surface area (Å²) in [6, 6.07) is 0. The number of fused-ring (bicyclic) bond motifs is 5. The lowest BCUT2D eigenvalue weighted by Crippen LogP contribution is -2.56. The van der Waals surface area contributed by atoms with Gasteiger partial charge in [-0.25, -0.2) is 0 Å². The molecule has 0 heterocycles. The highest BCUT2D eigenvalue weighted by Crippen LogP contribution is 2.66. The maximum Gasteiger partial charge on any atom is 0.126 e. The Morgan fingerprint density at radius 3 is 2.59 bits per heavy atom. The Bertz CT molecular complexity index is 665. The van der Waals surface area contributed by atoms with Crippen molar-refractivity contribution < 1.29 is 14.3 Å². The molecule has 150 valence electrons. The predicted molar refractivity (Wildman–Crippen MR) is 107 cm³/mol. The molecular weight excluding hydrogens is 336 g/mol. The van der Waals surface area contributed by atoms with E-state index in [4.69, 9.17) is 9.47 Å². The molecule has 8 atom stereocenters. The van der Waals surface area contributed by atoms with Crippen molar-refractivity contribution in [1.82, 2.24) is 0 Å². The Morgan fingerprint density at radius 1 is 1.15 bits per heavy atom. The molecule has 3 heteroatoms. The molecule has 0 spiro atoms. The zero-order valence-electron chi connectivity index (χ0n) is 17.7. The second-order valence-corrected chi connectivity index (χ2v) is 9.92. The molecule has 0 radical (unpaired) electrons. The molecule has 0 N–H and O–H groups in total. The molecular formula is C24H36O3. The third kappa shape index (κ3) is 2.64. The number of hydrogen-bond donors (Lipinski definition) is 0. The summed E-state index contributed by atoms with van der Waals surface area (Å²) in [6.45, 7) is 6.94. The highest BCUT2D eigenvalue weighted by atomic mass is 16.5. The van der Waals surface area contributed by atoms with E-state index in [1.165, 1.54) is 24.8 Å². The van der Waals surface area contributed by atoms with E-state index in [0.29, 0.717) is 23.9 Å². The van der Waals surface area contributed by atoms with E-state index in [9.17, 15) is 4.79 Å². The van der Waals surface area contributed by atoms with Crippen LogP contribution in [0.25, 0.3) is 0 Å². The van der Waals surface area contributed by atoms with Gasteiger partial charge in [0.15, 0.2) is 0 Å². The minimum absolute atomic E-state index is 0.00167. The fourth-order valence-electron chi connectivity index (χ4n) is 7.48. The highest BCUT2D eigenvalue weighted by molar-refractivity contribution is 5.60. The molecule has 0 aromatic carbocycles. The quantitative estimate of drug-likeness (QED) is 0.517. The Balaban J connectivity index is 1.70. The van der Waals surface area contributed by atoms with Crippen molar-refractivity contribution in [3.05, 3.63) is 23.3 Å². The lowest BCUT2D eigenvalue weighted by Gasteiger charge is -2.60. The Morgan fingerprint density at radius 2 is 1.93 bits per heavy atom. The number of hydrogen-bond acceptors (Lipinski definition) is 3. The second kappa shape index (κ2) is 6.84. The number of allylic oxidation sites excluding steroid dienone is 2. The predicted octanol–water partition coefficient (Wildman–Crippen LogP) is 4.96. The van der Waals surface area contributed by atoms with E-state index < -0.39 is 0 Å². The maximum atomic E-state index is 11.6. The van der Waals surface area contributed by atoms with Gasteiger partial charge < -0.3 is 14.3 Å². The first-order chi connectivity index (χ1) is 12.9. The van der Waals surface area contributed by atoms with Crippen LogP contribution >= 0.6 is 0 Å². The molecule has 27 heavy (non-hydrogen) atoms. The monoisotopic (exact) mass is 372 g/mol. The van der Waals surface area contributed by atoms with E-state index in [-0.39, 0.29) is 22.9 Å². The highest BCUT2D eigenvalue weighted by Gasteiger charge is 2.61. The Kier molecular flexibility index (Phi) is 4.91. The van der Waals surface area contributed by atoms with Gasteiger partial charge in [0.05, 0.1) is 12.2 Å². The lowest BCUT2D eigenvalue weighted by atomic mass is 9.46. The molecule has 0 aromatic heterocycles. The van der Waals surface area contributed by atoms with Gasteiger partial charge in [-0.3, -0.25) is 0 Å². The van der Waals surface area contributed by atoms with Crippen LogP contribution in [0.5, 0.6) is 0 Å². The summed E-state index contributed by atoms with van der Waals surface area (Å²) in [7, 11) is 3.73. The van der Waals surface area contributed by atoms with Crippen molar-refractivity contribution in [3.8, 4) is 0 Å². The molecule has 0 unspecified atom stereocenters. The van der Waals surface area contributed by atoms with Crippen molar-refractivity contribution in [2.75, 3.05) is 14.2 Å². The van der Waals surface area contributed by atoms with Gasteiger partial charge in [0.25, 0.3) is 0 Å². The van der Waals surface area contributed by atoms with E-state index >= 15 is 0 Å². The molecule has 0 amide bonds. The number of methoxy groups -OCH3 is 2. The van der Waals surface area contributed by atoms with E-state index in [1.54, 1.807) is 5.57 Å². The topological polar surface area (TPSA) is 35.5 Å². The van der Waals surface area contributed by atoms with Gasteiger partial charge in [0.1, 0.15) is 6.29 Å². The molecule has 0 aromatic rings. The summed E-state index contributed by atoms with van der Waals surface area (Å²) in [4.78, 5) is 11.6.